The standard InChI is InChI=1S/C35H41N3O5/c1-4-34-17-11-19-36(23-26-15-6-5-7-16-26)31(40)27(34)28-32(41)38(20-8-9-22-39)30-33(42)37(21-12-18-35(28,30)43-34)29-24(2)13-10-14-25(29)3/h5-7,10-18,27-28,30,39H,4,8-9,19-23H2,1-3H3/t27-,28+,30?,34+,35+/m1/s1. The summed E-state index contributed by atoms with van der Waals surface area (Å²) in [6.07, 6.45) is 9.34. The number of fused-ring (bicyclic) bond motifs is 2. The Morgan fingerprint density at radius 3 is 2.28 bits per heavy atom. The van der Waals surface area contributed by atoms with E-state index in [0.29, 0.717) is 45.4 Å². The van der Waals surface area contributed by atoms with Crippen LogP contribution in [0.3, 0.4) is 0 Å². The number of benzene rings is 2. The molecule has 1 N–H and O–H groups in total. The molecule has 2 aromatic rings. The number of nitrogens with zero attached hydrogens (tertiary/aromatic N) is 3. The zero-order chi connectivity index (χ0) is 30.4. The molecule has 4 aliphatic heterocycles. The van der Waals surface area contributed by atoms with Crippen LogP contribution < -0.4 is 4.90 Å². The highest BCUT2D eigenvalue weighted by Gasteiger charge is 2.75. The number of hydrogen-bond acceptors (Lipinski definition) is 5. The smallest absolute Gasteiger partial charge is 0.253 e. The van der Waals surface area contributed by atoms with Crippen molar-refractivity contribution in [2.24, 2.45) is 11.8 Å². The van der Waals surface area contributed by atoms with E-state index >= 15 is 0 Å². The van der Waals surface area contributed by atoms with Crippen LogP contribution in [0.25, 0.3) is 0 Å². The molecule has 2 aromatic carbocycles. The van der Waals surface area contributed by atoms with Crippen LogP contribution in [0.2, 0.25) is 0 Å². The van der Waals surface area contributed by atoms with E-state index in [0.717, 1.165) is 22.4 Å². The van der Waals surface area contributed by atoms with Crippen LogP contribution >= 0.6 is 0 Å². The molecule has 4 aliphatic rings. The fourth-order valence-electron chi connectivity index (χ4n) is 7.82. The van der Waals surface area contributed by atoms with Gasteiger partial charge in [0.1, 0.15) is 11.6 Å². The van der Waals surface area contributed by atoms with Crippen molar-refractivity contribution in [1.82, 2.24) is 9.80 Å². The van der Waals surface area contributed by atoms with Gasteiger partial charge >= 0.3 is 0 Å². The van der Waals surface area contributed by atoms with Gasteiger partial charge in [-0.1, -0.05) is 79.8 Å². The van der Waals surface area contributed by atoms with Gasteiger partial charge < -0.3 is 24.5 Å². The third-order valence-electron chi connectivity index (χ3n) is 9.76. The predicted molar refractivity (Wildman–Crippen MR) is 164 cm³/mol. The van der Waals surface area contributed by atoms with Gasteiger partial charge in [0.05, 0.1) is 17.4 Å². The first-order chi connectivity index (χ1) is 20.8. The third kappa shape index (κ3) is 4.62. The highest BCUT2D eigenvalue weighted by molar-refractivity contribution is 6.06. The van der Waals surface area contributed by atoms with Gasteiger partial charge in [-0.3, -0.25) is 14.4 Å². The predicted octanol–water partition coefficient (Wildman–Crippen LogP) is 3.94. The Labute approximate surface area is 253 Å². The largest absolute Gasteiger partial charge is 0.396 e. The number of carbonyl (C=O) groups is 3. The van der Waals surface area contributed by atoms with E-state index in [-0.39, 0.29) is 24.3 Å². The molecule has 8 nitrogen and oxygen atoms in total. The number of para-hydroxylation sites is 1. The first-order valence-electron chi connectivity index (χ1n) is 15.4. The topological polar surface area (TPSA) is 90.4 Å². The molecule has 1 spiro atoms. The number of likely N-dealkylation sites (tertiary alicyclic amines) is 1. The number of carbonyl (C=O) groups excluding carboxylic acids is 3. The van der Waals surface area contributed by atoms with Gasteiger partial charge in [-0.15, -0.1) is 0 Å². The Morgan fingerprint density at radius 1 is 0.860 bits per heavy atom. The van der Waals surface area contributed by atoms with E-state index in [9.17, 15) is 19.5 Å². The van der Waals surface area contributed by atoms with Crippen LogP contribution in [0.5, 0.6) is 0 Å². The first-order valence-corrected chi connectivity index (χ1v) is 15.4. The van der Waals surface area contributed by atoms with Crippen LogP contribution in [-0.2, 0) is 25.7 Å². The van der Waals surface area contributed by atoms with Crippen LogP contribution in [0.1, 0.15) is 42.9 Å². The second kappa shape index (κ2) is 11.4. The van der Waals surface area contributed by atoms with Crippen LogP contribution in [-0.4, -0.2) is 76.1 Å². The van der Waals surface area contributed by atoms with Gasteiger partial charge in [-0.2, -0.15) is 0 Å². The first kappa shape index (κ1) is 29.3. The fraction of sp³-hybridized carbons (Fsp3) is 0.457. The molecular formula is C35H41N3O5. The summed E-state index contributed by atoms with van der Waals surface area (Å²) in [6.45, 7) is 7.44. The molecule has 226 valence electrons. The Hall–Kier alpha value is -3.75. The van der Waals surface area contributed by atoms with Crippen LogP contribution in [0.4, 0.5) is 5.69 Å². The lowest BCUT2D eigenvalue weighted by Crippen LogP contribution is -2.56. The number of hydrogen-bond donors (Lipinski definition) is 1. The Bertz CT molecular complexity index is 1450. The summed E-state index contributed by atoms with van der Waals surface area (Å²) < 4.78 is 7.09. The molecule has 6 rings (SSSR count). The molecule has 0 aromatic heterocycles. The monoisotopic (exact) mass is 583 g/mol. The third-order valence-corrected chi connectivity index (χ3v) is 9.76. The van der Waals surface area contributed by atoms with E-state index in [1.807, 2.05) is 93.6 Å². The summed E-state index contributed by atoms with van der Waals surface area (Å²) in [5, 5.41) is 9.51. The molecule has 0 saturated carbocycles. The lowest BCUT2D eigenvalue weighted by atomic mass is 9.73. The van der Waals surface area contributed by atoms with E-state index in [1.54, 1.807) is 14.7 Å². The van der Waals surface area contributed by atoms with Crippen molar-refractivity contribution in [3.63, 3.8) is 0 Å². The molecule has 3 amide bonds. The molecular weight excluding hydrogens is 542 g/mol. The molecule has 4 heterocycles. The molecule has 0 bridgehead atoms. The maximum absolute atomic E-state index is 14.8. The van der Waals surface area contributed by atoms with Gasteiger partial charge in [0.15, 0.2) is 0 Å². The minimum absolute atomic E-state index is 0.000551. The van der Waals surface area contributed by atoms with Crippen molar-refractivity contribution < 1.29 is 24.2 Å². The van der Waals surface area contributed by atoms with Crippen molar-refractivity contribution in [2.75, 3.05) is 31.1 Å². The number of anilines is 1. The van der Waals surface area contributed by atoms with Gasteiger partial charge in [-0.05, 0) is 49.8 Å². The quantitative estimate of drug-likeness (QED) is 0.376. The van der Waals surface area contributed by atoms with E-state index in [4.69, 9.17) is 4.74 Å². The second-order valence-corrected chi connectivity index (χ2v) is 12.3. The molecule has 2 saturated heterocycles. The number of ether oxygens (including phenoxy) is 1. The lowest BCUT2D eigenvalue weighted by molar-refractivity contribution is -0.150. The molecule has 0 aliphatic carbocycles. The van der Waals surface area contributed by atoms with E-state index < -0.39 is 29.1 Å². The Morgan fingerprint density at radius 2 is 1.58 bits per heavy atom. The van der Waals surface area contributed by atoms with Crippen molar-refractivity contribution in [3.8, 4) is 0 Å². The number of aliphatic hydroxyl groups is 1. The van der Waals surface area contributed by atoms with Crippen molar-refractivity contribution >= 4 is 23.4 Å². The number of amides is 3. The molecule has 43 heavy (non-hydrogen) atoms. The summed E-state index contributed by atoms with van der Waals surface area (Å²) >= 11 is 0. The summed E-state index contributed by atoms with van der Waals surface area (Å²) in [7, 11) is 0. The highest BCUT2D eigenvalue weighted by Crippen LogP contribution is 2.58. The van der Waals surface area contributed by atoms with Crippen molar-refractivity contribution in [3.05, 3.63) is 89.5 Å². The maximum Gasteiger partial charge on any atom is 0.253 e. The van der Waals surface area contributed by atoms with E-state index in [1.165, 1.54) is 0 Å². The van der Waals surface area contributed by atoms with Gasteiger partial charge in [0.25, 0.3) is 5.91 Å². The maximum atomic E-state index is 14.8. The number of rotatable bonds is 8. The SMILES string of the molecule is CC[C@]12C=CCN(Cc3ccccc3)C(=O)[C@H]1[C@H]1C(=O)N(CCCCO)C3C(=O)N(c4c(C)cccc4C)CC=C[C@@]31O2. The van der Waals surface area contributed by atoms with Crippen molar-refractivity contribution in [1.29, 1.82) is 0 Å². The zero-order valence-electron chi connectivity index (χ0n) is 25.2. The molecule has 0 radical (unpaired) electrons. The molecule has 8 heteroatoms. The van der Waals surface area contributed by atoms with Crippen LogP contribution in [0.15, 0.2) is 72.8 Å². The summed E-state index contributed by atoms with van der Waals surface area (Å²) in [6, 6.07) is 14.9. The van der Waals surface area contributed by atoms with Gasteiger partial charge in [0, 0.05) is 38.5 Å². The number of unbranched alkanes of at least 4 members (excludes halogenated alkanes) is 1. The zero-order valence-corrected chi connectivity index (χ0v) is 25.2. The number of aliphatic hydroxyl groups excluding tert-OH is 1. The highest BCUT2D eigenvalue weighted by atomic mass is 16.5. The Kier molecular flexibility index (Phi) is 7.77. The summed E-state index contributed by atoms with van der Waals surface area (Å²) in [4.78, 5) is 49.1. The molecule has 5 atom stereocenters. The fourth-order valence-corrected chi connectivity index (χ4v) is 7.82. The van der Waals surface area contributed by atoms with Crippen LogP contribution in [0, 0.1) is 25.7 Å². The number of aryl methyl sites for hydroxylation is 2. The average molecular weight is 584 g/mol. The average Bonchev–Trinajstić information content (AvgIpc) is 3.29. The molecule has 2 fully saturated rings. The van der Waals surface area contributed by atoms with Crippen molar-refractivity contribution in [2.45, 2.75) is 63.8 Å². The minimum Gasteiger partial charge on any atom is -0.396 e. The summed E-state index contributed by atoms with van der Waals surface area (Å²) in [5.41, 5.74) is 1.48. The van der Waals surface area contributed by atoms with Gasteiger partial charge in [0.2, 0.25) is 11.8 Å². The van der Waals surface area contributed by atoms with E-state index in [2.05, 4.69) is 0 Å². The Balaban J connectivity index is 1.46. The van der Waals surface area contributed by atoms with Gasteiger partial charge in [-0.25, -0.2) is 0 Å². The minimum atomic E-state index is -1.30. The molecule has 1 unspecified atom stereocenters. The lowest BCUT2D eigenvalue weighted by Gasteiger charge is -2.39. The summed E-state index contributed by atoms with van der Waals surface area (Å²) in [5.74, 6) is -2.19. The second-order valence-electron chi connectivity index (χ2n) is 12.3. The normalized spacial score (nSPS) is 29.9.